The highest BCUT2D eigenvalue weighted by molar-refractivity contribution is 6.31. The van der Waals surface area contributed by atoms with Crippen LogP contribution in [0, 0.1) is 11.3 Å². The summed E-state index contributed by atoms with van der Waals surface area (Å²) in [5, 5.41) is 0.521. The number of carbonyl (C=O) groups excluding carboxylic acids is 3. The highest BCUT2D eigenvalue weighted by atomic mass is 35.5. The molecule has 0 aromatic heterocycles. The van der Waals surface area contributed by atoms with E-state index in [2.05, 4.69) is 0 Å². The van der Waals surface area contributed by atoms with Gasteiger partial charge < -0.3 is 14.5 Å². The summed E-state index contributed by atoms with van der Waals surface area (Å²) in [4.78, 5) is 44.2. The molecule has 2 saturated heterocycles. The molecule has 176 valence electrons. The summed E-state index contributed by atoms with van der Waals surface area (Å²) in [6.07, 6.45) is 1.65. The molecule has 0 saturated carbocycles. The first-order valence-electron chi connectivity index (χ1n) is 11.3. The van der Waals surface area contributed by atoms with Crippen LogP contribution in [0.1, 0.15) is 45.2 Å². The second kappa shape index (κ2) is 10.2. The molecular formula is C24H34ClN3O4. The van der Waals surface area contributed by atoms with Gasteiger partial charge in [0.15, 0.2) is 0 Å². The predicted molar refractivity (Wildman–Crippen MR) is 123 cm³/mol. The summed E-state index contributed by atoms with van der Waals surface area (Å²) in [6.45, 7) is 9.10. The molecule has 1 aromatic rings. The summed E-state index contributed by atoms with van der Waals surface area (Å²) < 4.78 is 5.05. The Morgan fingerprint density at radius 2 is 1.69 bits per heavy atom. The molecule has 2 amide bonds. The van der Waals surface area contributed by atoms with Crippen molar-refractivity contribution < 1.29 is 19.1 Å². The van der Waals surface area contributed by atoms with Crippen LogP contribution < -0.4 is 0 Å². The van der Waals surface area contributed by atoms with Gasteiger partial charge in [0.1, 0.15) is 6.04 Å². The lowest BCUT2D eigenvalue weighted by Gasteiger charge is -2.41. The standard InChI is InChI=1S/C24H34ClN3O4/c1-24(2,3)23(31)28-11-7-8-17(16-28)21(29)27-14-12-26(13-15-27)20(22(30)32-4)18-9-5-6-10-19(18)25/h5-6,9-10,17,20H,7-8,11-16H2,1-4H3. The van der Waals surface area contributed by atoms with E-state index in [1.54, 1.807) is 6.07 Å². The molecule has 32 heavy (non-hydrogen) atoms. The molecule has 0 spiro atoms. The van der Waals surface area contributed by atoms with Crippen molar-refractivity contribution in [2.75, 3.05) is 46.4 Å². The molecule has 7 nitrogen and oxygen atoms in total. The van der Waals surface area contributed by atoms with Crippen molar-refractivity contribution in [2.24, 2.45) is 11.3 Å². The minimum absolute atomic E-state index is 0.0977. The van der Waals surface area contributed by atoms with Crippen molar-refractivity contribution >= 4 is 29.4 Å². The molecule has 2 aliphatic heterocycles. The van der Waals surface area contributed by atoms with E-state index in [-0.39, 0.29) is 23.7 Å². The first kappa shape index (κ1) is 24.5. The molecule has 2 unspecified atom stereocenters. The normalized spacial score (nSPS) is 21.2. The molecule has 2 aliphatic rings. The van der Waals surface area contributed by atoms with Crippen LogP contribution in [0.15, 0.2) is 24.3 Å². The van der Waals surface area contributed by atoms with Gasteiger partial charge in [-0.1, -0.05) is 50.6 Å². The van der Waals surface area contributed by atoms with Crippen molar-refractivity contribution in [3.63, 3.8) is 0 Å². The highest BCUT2D eigenvalue weighted by Gasteiger charge is 2.37. The van der Waals surface area contributed by atoms with Crippen LogP contribution in [-0.2, 0) is 19.1 Å². The Bertz CT molecular complexity index is 846. The zero-order valence-corrected chi connectivity index (χ0v) is 20.2. The van der Waals surface area contributed by atoms with Gasteiger partial charge in [0.2, 0.25) is 11.8 Å². The number of carbonyl (C=O) groups is 3. The van der Waals surface area contributed by atoms with E-state index in [1.165, 1.54) is 7.11 Å². The number of methoxy groups -OCH3 is 1. The Morgan fingerprint density at radius 3 is 2.28 bits per heavy atom. The number of piperazine rings is 1. The number of benzene rings is 1. The van der Waals surface area contributed by atoms with E-state index in [1.807, 2.05) is 53.7 Å². The first-order valence-corrected chi connectivity index (χ1v) is 11.7. The Hall–Kier alpha value is -2.12. The van der Waals surface area contributed by atoms with E-state index >= 15 is 0 Å². The fourth-order valence-electron chi connectivity index (χ4n) is 4.58. The third kappa shape index (κ3) is 5.44. The van der Waals surface area contributed by atoms with Gasteiger partial charge in [-0.15, -0.1) is 0 Å². The SMILES string of the molecule is COC(=O)C(c1ccccc1Cl)N1CCN(C(=O)C2CCCN(C(=O)C(C)(C)C)C2)CC1. The van der Waals surface area contributed by atoms with Gasteiger partial charge in [-0.05, 0) is 24.5 Å². The van der Waals surface area contributed by atoms with Crippen LogP contribution in [0.5, 0.6) is 0 Å². The average molecular weight is 464 g/mol. The van der Waals surface area contributed by atoms with Gasteiger partial charge in [-0.2, -0.15) is 0 Å². The first-order chi connectivity index (χ1) is 15.1. The average Bonchev–Trinajstić information content (AvgIpc) is 2.79. The van der Waals surface area contributed by atoms with E-state index in [9.17, 15) is 14.4 Å². The zero-order valence-electron chi connectivity index (χ0n) is 19.5. The van der Waals surface area contributed by atoms with Crippen LogP contribution >= 0.6 is 11.6 Å². The fourth-order valence-corrected chi connectivity index (χ4v) is 4.82. The fraction of sp³-hybridized carbons (Fsp3) is 0.625. The maximum Gasteiger partial charge on any atom is 0.327 e. The third-order valence-electron chi connectivity index (χ3n) is 6.31. The second-order valence-electron chi connectivity index (χ2n) is 9.65. The van der Waals surface area contributed by atoms with Gasteiger partial charge in [0, 0.05) is 49.7 Å². The summed E-state index contributed by atoms with van der Waals surface area (Å²) in [5.74, 6) is -0.327. The van der Waals surface area contributed by atoms with E-state index in [4.69, 9.17) is 16.3 Å². The summed E-state index contributed by atoms with van der Waals surface area (Å²) >= 11 is 6.36. The van der Waals surface area contributed by atoms with Crippen LogP contribution in [0.25, 0.3) is 0 Å². The number of ether oxygens (including phenoxy) is 1. The highest BCUT2D eigenvalue weighted by Crippen LogP contribution is 2.30. The number of nitrogens with zero attached hydrogens (tertiary/aromatic N) is 3. The lowest BCUT2D eigenvalue weighted by atomic mass is 9.90. The van der Waals surface area contributed by atoms with Gasteiger partial charge in [0.25, 0.3) is 0 Å². The van der Waals surface area contributed by atoms with Crippen LogP contribution in [0.4, 0.5) is 0 Å². The smallest absolute Gasteiger partial charge is 0.327 e. The molecule has 2 fully saturated rings. The van der Waals surface area contributed by atoms with E-state index in [0.717, 1.165) is 12.8 Å². The number of esters is 1. The summed E-state index contributed by atoms with van der Waals surface area (Å²) in [5.41, 5.74) is 0.266. The number of hydrogen-bond donors (Lipinski definition) is 0. The van der Waals surface area contributed by atoms with Crippen LogP contribution in [0.2, 0.25) is 5.02 Å². The number of hydrogen-bond acceptors (Lipinski definition) is 5. The molecular weight excluding hydrogens is 430 g/mol. The minimum atomic E-state index is -0.597. The minimum Gasteiger partial charge on any atom is -0.468 e. The Kier molecular flexibility index (Phi) is 7.83. The number of likely N-dealkylation sites (tertiary alicyclic amines) is 1. The third-order valence-corrected chi connectivity index (χ3v) is 6.66. The molecule has 0 N–H and O–H groups in total. The molecule has 1 aromatic carbocycles. The van der Waals surface area contributed by atoms with Crippen molar-refractivity contribution in [3.8, 4) is 0 Å². The Morgan fingerprint density at radius 1 is 1.03 bits per heavy atom. The van der Waals surface area contributed by atoms with Gasteiger partial charge >= 0.3 is 5.97 Å². The number of rotatable bonds is 4. The Labute approximate surface area is 195 Å². The molecule has 0 bridgehead atoms. The largest absolute Gasteiger partial charge is 0.468 e. The number of halogens is 1. The quantitative estimate of drug-likeness (QED) is 0.642. The number of amides is 2. The van der Waals surface area contributed by atoms with Crippen molar-refractivity contribution in [2.45, 2.75) is 39.7 Å². The summed E-state index contributed by atoms with van der Waals surface area (Å²) in [7, 11) is 1.37. The molecule has 0 radical (unpaired) electrons. The number of piperidine rings is 1. The van der Waals surface area contributed by atoms with E-state index < -0.39 is 11.5 Å². The maximum atomic E-state index is 13.2. The topological polar surface area (TPSA) is 70.2 Å². The molecule has 0 aliphatic carbocycles. The molecule has 2 atom stereocenters. The molecule has 2 heterocycles. The lowest BCUT2D eigenvalue weighted by molar-refractivity contribution is -0.149. The van der Waals surface area contributed by atoms with Crippen LogP contribution in [0.3, 0.4) is 0 Å². The predicted octanol–water partition coefficient (Wildman–Crippen LogP) is 2.98. The van der Waals surface area contributed by atoms with E-state index in [0.29, 0.717) is 49.9 Å². The second-order valence-corrected chi connectivity index (χ2v) is 10.1. The molecule has 8 heteroatoms. The monoisotopic (exact) mass is 463 g/mol. The van der Waals surface area contributed by atoms with Crippen molar-refractivity contribution in [1.29, 1.82) is 0 Å². The Balaban J connectivity index is 1.64. The van der Waals surface area contributed by atoms with Gasteiger partial charge in [-0.3, -0.25) is 14.5 Å². The zero-order chi connectivity index (χ0) is 23.5. The van der Waals surface area contributed by atoms with Crippen LogP contribution in [-0.4, -0.2) is 78.9 Å². The van der Waals surface area contributed by atoms with Gasteiger partial charge in [0.05, 0.1) is 13.0 Å². The van der Waals surface area contributed by atoms with Crippen molar-refractivity contribution in [3.05, 3.63) is 34.9 Å². The molecule has 3 rings (SSSR count). The maximum absolute atomic E-state index is 13.2. The van der Waals surface area contributed by atoms with Gasteiger partial charge in [-0.25, -0.2) is 4.79 Å². The van der Waals surface area contributed by atoms with Crippen molar-refractivity contribution in [1.82, 2.24) is 14.7 Å². The lowest BCUT2D eigenvalue weighted by Crippen LogP contribution is -2.55. The summed E-state index contributed by atoms with van der Waals surface area (Å²) in [6, 6.07) is 6.68.